The van der Waals surface area contributed by atoms with Crippen molar-refractivity contribution in [1.82, 2.24) is 0 Å². The molecule has 3 nitrogen and oxygen atoms in total. The Morgan fingerprint density at radius 3 is 2.47 bits per heavy atom. The molecule has 0 saturated heterocycles. The van der Waals surface area contributed by atoms with Crippen molar-refractivity contribution in [1.29, 1.82) is 0 Å². The first kappa shape index (κ1) is 24.0. The van der Waals surface area contributed by atoms with Crippen LogP contribution in [0.5, 0.6) is 0 Å². The third kappa shape index (κ3) is 3.44. The Bertz CT molecular complexity index is 820. The van der Waals surface area contributed by atoms with Crippen molar-refractivity contribution in [3.05, 3.63) is 22.8 Å². The van der Waals surface area contributed by atoms with E-state index in [-0.39, 0.29) is 11.3 Å². The summed E-state index contributed by atoms with van der Waals surface area (Å²) >= 11 is 0. The molecule has 2 fully saturated rings. The average molecular weight is 443 g/mol. The van der Waals surface area contributed by atoms with E-state index in [0.29, 0.717) is 17.8 Å². The Labute approximate surface area is 195 Å². The van der Waals surface area contributed by atoms with Gasteiger partial charge in [-0.2, -0.15) is 0 Å². The van der Waals surface area contributed by atoms with Crippen LogP contribution in [0.4, 0.5) is 0 Å². The van der Waals surface area contributed by atoms with Gasteiger partial charge >= 0.3 is 5.97 Å². The Balaban J connectivity index is 1.62. The van der Waals surface area contributed by atoms with Crippen LogP contribution in [-0.2, 0) is 4.79 Å². The number of allylic oxidation sites excluding steroid dienone is 4. The zero-order valence-corrected chi connectivity index (χ0v) is 21.3. The topological polar surface area (TPSA) is 57.5 Å². The molecule has 0 aromatic carbocycles. The van der Waals surface area contributed by atoms with Crippen LogP contribution < -0.4 is 0 Å². The highest BCUT2D eigenvalue weighted by Gasteiger charge is 2.62. The summed E-state index contributed by atoms with van der Waals surface area (Å²) in [6, 6.07) is 0. The Hall–Kier alpha value is -1.09. The molecule has 2 unspecified atom stereocenters. The number of fused-ring (bicyclic) bond motifs is 4. The molecule has 0 aliphatic heterocycles. The average Bonchev–Trinajstić information content (AvgIpc) is 3.08. The molecule has 0 bridgehead atoms. The van der Waals surface area contributed by atoms with Crippen LogP contribution in [0, 0.1) is 39.9 Å². The van der Waals surface area contributed by atoms with Crippen LogP contribution in [0.2, 0.25) is 0 Å². The minimum absolute atomic E-state index is 0.0413. The lowest BCUT2D eigenvalue weighted by molar-refractivity contribution is -0.175. The van der Waals surface area contributed by atoms with Gasteiger partial charge in [-0.1, -0.05) is 43.6 Å². The van der Waals surface area contributed by atoms with Crippen molar-refractivity contribution in [2.24, 2.45) is 39.9 Å². The zero-order valence-electron chi connectivity index (χ0n) is 21.3. The molecule has 4 aliphatic rings. The van der Waals surface area contributed by atoms with Gasteiger partial charge in [-0.3, -0.25) is 4.79 Å². The van der Waals surface area contributed by atoms with E-state index in [1.54, 1.807) is 11.1 Å². The number of hydrogen-bond acceptors (Lipinski definition) is 2. The maximum absolute atomic E-state index is 12.3. The molecular weight excluding hydrogens is 396 g/mol. The molecule has 8 atom stereocenters. The van der Waals surface area contributed by atoms with Crippen LogP contribution in [-0.4, -0.2) is 22.3 Å². The minimum Gasteiger partial charge on any atom is -0.481 e. The summed E-state index contributed by atoms with van der Waals surface area (Å²) in [5, 5.41) is 20.9. The number of carboxylic acids is 1. The smallest absolute Gasteiger partial charge is 0.312 e. The number of aliphatic hydroxyl groups is 1. The maximum Gasteiger partial charge on any atom is 0.312 e. The summed E-state index contributed by atoms with van der Waals surface area (Å²) in [5.41, 5.74) is 4.06. The van der Waals surface area contributed by atoms with Gasteiger partial charge in [-0.05, 0) is 119 Å². The standard InChI is InChI=1S/C29H46O3/c1-18(2)8-7-9-19(3)21-11-12-22-20-10-13-24-28(5,23(20)14-16-27(21,22)4)17-15-25(30)29(24,6)26(31)32/h8,19,21-22,24-25,30H,7,9-17H2,1-6H3,(H,31,32)/t19-,21?,22?,24-,25+,27-,28-,29+/m1/s1. The predicted octanol–water partition coefficient (Wildman–Crippen LogP) is 7.15. The van der Waals surface area contributed by atoms with Gasteiger partial charge in [0.05, 0.1) is 11.5 Å². The normalized spacial score (nSPS) is 44.3. The van der Waals surface area contributed by atoms with Gasteiger partial charge in [0.15, 0.2) is 0 Å². The minimum atomic E-state index is -1.02. The molecule has 0 radical (unpaired) electrons. The van der Waals surface area contributed by atoms with Gasteiger partial charge in [-0.25, -0.2) is 0 Å². The second-order valence-electron chi connectivity index (χ2n) is 12.7. The predicted molar refractivity (Wildman–Crippen MR) is 130 cm³/mol. The maximum atomic E-state index is 12.3. The van der Waals surface area contributed by atoms with Crippen LogP contribution in [0.15, 0.2) is 22.8 Å². The first-order valence-corrected chi connectivity index (χ1v) is 13.2. The fraction of sp³-hybridized carbons (Fsp3) is 0.828. The molecule has 3 heteroatoms. The molecule has 0 aromatic heterocycles. The van der Waals surface area contributed by atoms with E-state index in [2.05, 4.69) is 40.7 Å². The van der Waals surface area contributed by atoms with Crippen molar-refractivity contribution in [3.8, 4) is 0 Å². The van der Waals surface area contributed by atoms with Gasteiger partial charge < -0.3 is 10.2 Å². The Kier molecular flexibility index (Phi) is 6.23. The second kappa shape index (κ2) is 8.29. The molecule has 32 heavy (non-hydrogen) atoms. The van der Waals surface area contributed by atoms with E-state index < -0.39 is 17.5 Å². The number of carboxylic acid groups (broad SMARTS) is 1. The molecule has 0 heterocycles. The van der Waals surface area contributed by atoms with Crippen molar-refractivity contribution in [2.75, 3.05) is 0 Å². The fourth-order valence-electron chi connectivity index (χ4n) is 9.08. The number of carbonyl (C=O) groups is 1. The third-order valence-electron chi connectivity index (χ3n) is 11.0. The lowest BCUT2D eigenvalue weighted by Gasteiger charge is -2.59. The van der Waals surface area contributed by atoms with E-state index >= 15 is 0 Å². The van der Waals surface area contributed by atoms with Gasteiger partial charge in [0.25, 0.3) is 0 Å². The highest BCUT2D eigenvalue weighted by molar-refractivity contribution is 5.76. The summed E-state index contributed by atoms with van der Waals surface area (Å²) < 4.78 is 0. The number of aliphatic carboxylic acids is 1. The summed E-state index contributed by atoms with van der Waals surface area (Å²) in [4.78, 5) is 12.3. The summed E-state index contributed by atoms with van der Waals surface area (Å²) in [6.45, 7) is 13.6. The van der Waals surface area contributed by atoms with Crippen LogP contribution in [0.25, 0.3) is 0 Å². The lowest BCUT2D eigenvalue weighted by Crippen LogP contribution is -2.58. The monoisotopic (exact) mass is 442 g/mol. The molecule has 180 valence electrons. The molecule has 4 rings (SSSR count). The van der Waals surface area contributed by atoms with Gasteiger partial charge in [0.1, 0.15) is 0 Å². The summed E-state index contributed by atoms with van der Waals surface area (Å²) in [5.74, 6) is 1.48. The number of aliphatic hydroxyl groups excluding tert-OH is 1. The highest BCUT2D eigenvalue weighted by atomic mass is 16.4. The van der Waals surface area contributed by atoms with Crippen LogP contribution in [0.1, 0.15) is 106 Å². The van der Waals surface area contributed by atoms with E-state index in [9.17, 15) is 15.0 Å². The van der Waals surface area contributed by atoms with Crippen LogP contribution >= 0.6 is 0 Å². The molecule has 0 amide bonds. The third-order valence-corrected chi connectivity index (χ3v) is 11.0. The molecule has 0 spiro atoms. The number of hydrogen-bond donors (Lipinski definition) is 2. The Morgan fingerprint density at radius 2 is 1.81 bits per heavy atom. The molecular formula is C29H46O3. The molecule has 2 N–H and O–H groups in total. The second-order valence-corrected chi connectivity index (χ2v) is 12.7. The first-order chi connectivity index (χ1) is 15.0. The summed E-state index contributed by atoms with van der Waals surface area (Å²) in [7, 11) is 0. The van der Waals surface area contributed by atoms with Crippen molar-refractivity contribution in [3.63, 3.8) is 0 Å². The van der Waals surface area contributed by atoms with E-state index in [1.165, 1.54) is 37.7 Å². The van der Waals surface area contributed by atoms with E-state index in [0.717, 1.165) is 37.5 Å². The zero-order chi connectivity index (χ0) is 23.5. The largest absolute Gasteiger partial charge is 0.481 e. The Morgan fingerprint density at radius 1 is 1.09 bits per heavy atom. The van der Waals surface area contributed by atoms with E-state index in [4.69, 9.17) is 0 Å². The van der Waals surface area contributed by atoms with Crippen LogP contribution in [0.3, 0.4) is 0 Å². The van der Waals surface area contributed by atoms with Crippen molar-refractivity contribution >= 4 is 5.97 Å². The van der Waals surface area contributed by atoms with Crippen molar-refractivity contribution < 1.29 is 15.0 Å². The van der Waals surface area contributed by atoms with Gasteiger partial charge in [0, 0.05) is 0 Å². The summed E-state index contributed by atoms with van der Waals surface area (Å²) in [6.07, 6.45) is 12.7. The van der Waals surface area contributed by atoms with Gasteiger partial charge in [0.2, 0.25) is 0 Å². The quantitative estimate of drug-likeness (QED) is 0.444. The fourth-order valence-corrected chi connectivity index (χ4v) is 9.08. The number of rotatable bonds is 5. The molecule has 4 aliphatic carbocycles. The van der Waals surface area contributed by atoms with Gasteiger partial charge in [-0.15, -0.1) is 0 Å². The first-order valence-electron chi connectivity index (χ1n) is 13.2. The van der Waals surface area contributed by atoms with Crippen molar-refractivity contribution in [2.45, 2.75) is 112 Å². The van der Waals surface area contributed by atoms with E-state index in [1.807, 2.05) is 6.92 Å². The molecule has 0 aromatic rings. The SMILES string of the molecule is CC(C)=CCC[C@@H](C)C1CCC2C3=C(CC[C@@]21C)[C@@]1(C)CC[C@H](O)[C@@](C)(C(=O)O)[C@@H]1CC3. The lowest BCUT2D eigenvalue weighted by atomic mass is 9.45. The molecule has 2 saturated carbocycles. The highest BCUT2D eigenvalue weighted by Crippen LogP contribution is 2.68.